The third-order valence-electron chi connectivity index (χ3n) is 6.13. The zero-order valence-electron chi connectivity index (χ0n) is 16.2. The molecular weight excluding hydrogens is 332 g/mol. The predicted molar refractivity (Wildman–Crippen MR) is 109 cm³/mol. The number of hydrogen-bond acceptors (Lipinski definition) is 2. The highest BCUT2D eigenvalue weighted by Gasteiger charge is 2.59. The molecule has 0 saturated heterocycles. The molecule has 0 saturated carbocycles. The van der Waals surface area contributed by atoms with Crippen molar-refractivity contribution in [3.8, 4) is 0 Å². The lowest BCUT2D eigenvalue weighted by Crippen LogP contribution is -2.39. The molecule has 4 rings (SSSR count). The first-order valence-electron chi connectivity index (χ1n) is 10.2. The summed E-state index contributed by atoms with van der Waals surface area (Å²) in [7, 11) is 0. The van der Waals surface area contributed by atoms with Crippen LogP contribution in [-0.4, -0.2) is 11.6 Å². The number of ketones is 2. The molecule has 1 spiro atoms. The van der Waals surface area contributed by atoms with Crippen molar-refractivity contribution in [2.24, 2.45) is 0 Å². The topological polar surface area (TPSA) is 34.1 Å². The number of rotatable bonds is 6. The zero-order chi connectivity index (χ0) is 19.0. The Kier molecular flexibility index (Phi) is 4.59. The molecule has 138 valence electrons. The van der Waals surface area contributed by atoms with Gasteiger partial charge in [-0.25, -0.2) is 0 Å². The molecule has 0 N–H and O–H groups in total. The highest BCUT2D eigenvalue weighted by atomic mass is 16.2. The molecule has 27 heavy (non-hydrogen) atoms. The summed E-state index contributed by atoms with van der Waals surface area (Å²) in [5.41, 5.74) is 4.41. The van der Waals surface area contributed by atoms with E-state index in [1.165, 1.54) is 5.57 Å². The molecule has 0 aliphatic heterocycles. The van der Waals surface area contributed by atoms with Gasteiger partial charge in [0.1, 0.15) is 5.41 Å². The summed E-state index contributed by atoms with van der Waals surface area (Å²) in [5.74, 6) is -0.0405. The van der Waals surface area contributed by atoms with E-state index in [1.54, 1.807) is 0 Å². The van der Waals surface area contributed by atoms with E-state index in [1.807, 2.05) is 42.5 Å². The standard InChI is InChI=1S/C25H26O2/c1-3-5-11-17-18-12-9-10-16-22(18)25(21(17)15-6-4-2)23(26)19-13-7-8-14-20(19)24(25)27/h7-10,12-14,16H,3-6,11,15H2,1-2H3. The summed E-state index contributed by atoms with van der Waals surface area (Å²) in [4.78, 5) is 27.5. The van der Waals surface area contributed by atoms with Gasteiger partial charge in [0, 0.05) is 11.1 Å². The van der Waals surface area contributed by atoms with E-state index < -0.39 is 5.41 Å². The third kappa shape index (κ3) is 2.39. The quantitative estimate of drug-likeness (QED) is 0.580. The molecule has 2 aromatic rings. The molecule has 2 aliphatic rings. The average molecular weight is 358 g/mol. The summed E-state index contributed by atoms with van der Waals surface area (Å²) in [6, 6.07) is 15.4. The first kappa shape index (κ1) is 17.9. The van der Waals surface area contributed by atoms with Crippen LogP contribution < -0.4 is 0 Å². The van der Waals surface area contributed by atoms with Crippen LogP contribution in [0.1, 0.15) is 84.2 Å². The second-order valence-corrected chi connectivity index (χ2v) is 7.66. The molecule has 2 aromatic carbocycles. The summed E-state index contributed by atoms with van der Waals surface area (Å²) in [6.45, 7) is 4.35. The Morgan fingerprint density at radius 2 is 1.22 bits per heavy atom. The minimum Gasteiger partial charge on any atom is -0.292 e. The van der Waals surface area contributed by atoms with Gasteiger partial charge in [0.15, 0.2) is 11.6 Å². The Labute approximate surface area is 161 Å². The Hall–Kier alpha value is -2.48. The Morgan fingerprint density at radius 1 is 0.704 bits per heavy atom. The van der Waals surface area contributed by atoms with Crippen molar-refractivity contribution in [2.45, 2.75) is 57.8 Å². The van der Waals surface area contributed by atoms with Crippen molar-refractivity contribution in [3.05, 3.63) is 76.4 Å². The van der Waals surface area contributed by atoms with E-state index in [2.05, 4.69) is 19.9 Å². The molecule has 0 atom stereocenters. The molecule has 0 unspecified atom stereocenters. The number of unbranched alkanes of at least 4 members (excludes halogenated alkanes) is 2. The van der Waals surface area contributed by atoms with E-state index >= 15 is 0 Å². The molecule has 0 fully saturated rings. The fourth-order valence-corrected chi connectivity index (χ4v) is 4.86. The van der Waals surface area contributed by atoms with Crippen LogP contribution in [0.5, 0.6) is 0 Å². The van der Waals surface area contributed by atoms with Crippen LogP contribution in [0.25, 0.3) is 5.57 Å². The van der Waals surface area contributed by atoms with Gasteiger partial charge >= 0.3 is 0 Å². The van der Waals surface area contributed by atoms with Gasteiger partial charge in [-0.2, -0.15) is 0 Å². The van der Waals surface area contributed by atoms with Crippen molar-refractivity contribution in [1.82, 2.24) is 0 Å². The second kappa shape index (κ2) is 6.92. The normalized spacial score (nSPS) is 17.0. The van der Waals surface area contributed by atoms with Crippen molar-refractivity contribution < 1.29 is 9.59 Å². The summed E-state index contributed by atoms with van der Waals surface area (Å²) >= 11 is 0. The van der Waals surface area contributed by atoms with Crippen molar-refractivity contribution in [3.63, 3.8) is 0 Å². The average Bonchev–Trinajstić information content (AvgIpc) is 3.11. The fourth-order valence-electron chi connectivity index (χ4n) is 4.86. The number of carbonyl (C=O) groups excluding carboxylic acids is 2. The minimum absolute atomic E-state index is 0.0202. The van der Waals surface area contributed by atoms with Crippen molar-refractivity contribution in [1.29, 1.82) is 0 Å². The Morgan fingerprint density at radius 3 is 1.81 bits per heavy atom. The van der Waals surface area contributed by atoms with Crippen LogP contribution in [0.15, 0.2) is 54.1 Å². The molecule has 0 aromatic heterocycles. The number of hydrogen-bond donors (Lipinski definition) is 0. The monoisotopic (exact) mass is 358 g/mol. The molecule has 0 radical (unpaired) electrons. The molecule has 2 nitrogen and oxygen atoms in total. The first-order valence-corrected chi connectivity index (χ1v) is 10.2. The maximum atomic E-state index is 13.7. The number of fused-ring (bicyclic) bond motifs is 3. The fraction of sp³-hybridized carbons (Fsp3) is 0.360. The lowest BCUT2D eigenvalue weighted by molar-refractivity contribution is 0.0825. The smallest absolute Gasteiger partial charge is 0.186 e. The molecule has 2 heteroatoms. The number of allylic oxidation sites excluding steroid dienone is 2. The largest absolute Gasteiger partial charge is 0.292 e. The van der Waals surface area contributed by atoms with Gasteiger partial charge in [0.2, 0.25) is 0 Å². The minimum atomic E-state index is -1.11. The Bertz CT molecular complexity index is 913. The highest BCUT2D eigenvalue weighted by molar-refractivity contribution is 6.36. The van der Waals surface area contributed by atoms with Gasteiger partial charge in [-0.05, 0) is 48.0 Å². The third-order valence-corrected chi connectivity index (χ3v) is 6.13. The zero-order valence-corrected chi connectivity index (χ0v) is 16.2. The van der Waals surface area contributed by atoms with Crippen LogP contribution >= 0.6 is 0 Å². The first-order chi connectivity index (χ1) is 13.2. The second-order valence-electron chi connectivity index (χ2n) is 7.66. The molecular formula is C25H26O2. The molecule has 0 bridgehead atoms. The molecule has 0 amide bonds. The van der Waals surface area contributed by atoms with Gasteiger partial charge in [0.05, 0.1) is 0 Å². The lowest BCUT2D eigenvalue weighted by atomic mass is 9.71. The molecule has 0 heterocycles. The maximum absolute atomic E-state index is 13.7. The predicted octanol–water partition coefficient (Wildman–Crippen LogP) is 6.15. The highest BCUT2D eigenvalue weighted by Crippen LogP contribution is 2.55. The van der Waals surface area contributed by atoms with Crippen LogP contribution in [0, 0.1) is 0 Å². The SMILES string of the molecule is CCCCC1=C(CCCC)C2(C(=O)c3ccccc3C2=O)c2ccccc21. The number of Topliss-reactive ketones (excluding diaryl/α,β-unsaturated/α-hetero) is 2. The number of carbonyl (C=O) groups is 2. The van der Waals surface area contributed by atoms with Gasteiger partial charge in [-0.15, -0.1) is 0 Å². The van der Waals surface area contributed by atoms with E-state index in [4.69, 9.17) is 0 Å². The van der Waals surface area contributed by atoms with Crippen LogP contribution in [-0.2, 0) is 5.41 Å². The van der Waals surface area contributed by atoms with Crippen LogP contribution in [0.2, 0.25) is 0 Å². The van der Waals surface area contributed by atoms with Gasteiger partial charge in [-0.3, -0.25) is 9.59 Å². The van der Waals surface area contributed by atoms with Gasteiger partial charge < -0.3 is 0 Å². The van der Waals surface area contributed by atoms with E-state index in [0.717, 1.165) is 55.2 Å². The van der Waals surface area contributed by atoms with Crippen molar-refractivity contribution in [2.75, 3.05) is 0 Å². The van der Waals surface area contributed by atoms with E-state index in [-0.39, 0.29) is 11.6 Å². The van der Waals surface area contributed by atoms with Crippen LogP contribution in [0.4, 0.5) is 0 Å². The maximum Gasteiger partial charge on any atom is 0.186 e. The summed E-state index contributed by atoms with van der Waals surface area (Å²) < 4.78 is 0. The van der Waals surface area contributed by atoms with Crippen LogP contribution in [0.3, 0.4) is 0 Å². The lowest BCUT2D eigenvalue weighted by Gasteiger charge is -2.26. The number of benzene rings is 2. The summed E-state index contributed by atoms with van der Waals surface area (Å²) in [6.07, 6.45) is 5.97. The Balaban J connectivity index is 1.99. The van der Waals surface area contributed by atoms with E-state index in [9.17, 15) is 9.59 Å². The summed E-state index contributed by atoms with van der Waals surface area (Å²) in [5, 5.41) is 0. The molecule has 2 aliphatic carbocycles. The van der Waals surface area contributed by atoms with Gasteiger partial charge in [-0.1, -0.05) is 75.2 Å². The van der Waals surface area contributed by atoms with E-state index in [0.29, 0.717) is 11.1 Å². The van der Waals surface area contributed by atoms with Gasteiger partial charge in [0.25, 0.3) is 0 Å². The van der Waals surface area contributed by atoms with Crippen molar-refractivity contribution >= 4 is 17.1 Å².